The average molecular weight is 287 g/mol. The lowest BCUT2D eigenvalue weighted by Crippen LogP contribution is -2.23. The molecule has 20 heavy (non-hydrogen) atoms. The van der Waals surface area contributed by atoms with E-state index in [1.807, 2.05) is 34.5 Å². The van der Waals surface area contributed by atoms with E-state index in [9.17, 15) is 4.79 Å². The molecule has 5 heteroatoms. The minimum atomic E-state index is 0.216. The van der Waals surface area contributed by atoms with E-state index < -0.39 is 0 Å². The second-order valence-corrected chi connectivity index (χ2v) is 5.63. The first-order valence-corrected chi connectivity index (χ1v) is 7.76. The third-order valence-corrected chi connectivity index (χ3v) is 4.16. The van der Waals surface area contributed by atoms with E-state index in [-0.39, 0.29) is 5.91 Å². The van der Waals surface area contributed by atoms with Crippen molar-refractivity contribution in [3.63, 3.8) is 0 Å². The van der Waals surface area contributed by atoms with E-state index in [1.165, 1.54) is 0 Å². The molecular formula is C15H17N3OS. The van der Waals surface area contributed by atoms with E-state index in [0.717, 1.165) is 41.6 Å². The van der Waals surface area contributed by atoms with E-state index >= 15 is 0 Å². The third-order valence-electron chi connectivity index (χ3n) is 3.36. The molecular weight excluding hydrogens is 270 g/mol. The maximum atomic E-state index is 11.8. The SMILES string of the molecule is CCNc1nc(-c2cccc(N3CCCC3=O)c2)cs1. The Morgan fingerprint density at radius 1 is 1.45 bits per heavy atom. The van der Waals surface area contributed by atoms with Gasteiger partial charge in [0.2, 0.25) is 5.91 Å². The fraction of sp³-hybridized carbons (Fsp3) is 0.333. The van der Waals surface area contributed by atoms with Gasteiger partial charge in [0.15, 0.2) is 5.13 Å². The maximum Gasteiger partial charge on any atom is 0.227 e. The number of anilines is 2. The molecule has 1 aromatic heterocycles. The van der Waals surface area contributed by atoms with Crippen molar-refractivity contribution in [3.05, 3.63) is 29.6 Å². The molecule has 3 rings (SSSR count). The molecule has 0 saturated carbocycles. The number of aromatic nitrogens is 1. The summed E-state index contributed by atoms with van der Waals surface area (Å²) in [4.78, 5) is 18.2. The number of nitrogens with zero attached hydrogens (tertiary/aromatic N) is 2. The van der Waals surface area contributed by atoms with Crippen LogP contribution in [0, 0.1) is 0 Å². The summed E-state index contributed by atoms with van der Waals surface area (Å²) in [5.74, 6) is 0.216. The van der Waals surface area contributed by atoms with Crippen LogP contribution >= 0.6 is 11.3 Å². The van der Waals surface area contributed by atoms with Gasteiger partial charge in [0, 0.05) is 36.1 Å². The minimum absolute atomic E-state index is 0.216. The van der Waals surface area contributed by atoms with Crippen molar-refractivity contribution in [2.24, 2.45) is 0 Å². The number of hydrogen-bond acceptors (Lipinski definition) is 4. The fourth-order valence-electron chi connectivity index (χ4n) is 2.39. The quantitative estimate of drug-likeness (QED) is 0.937. The summed E-state index contributed by atoms with van der Waals surface area (Å²) < 4.78 is 0. The molecule has 1 amide bonds. The lowest BCUT2D eigenvalue weighted by molar-refractivity contribution is -0.117. The van der Waals surface area contributed by atoms with Gasteiger partial charge in [-0.1, -0.05) is 12.1 Å². The molecule has 1 N–H and O–H groups in total. The zero-order valence-electron chi connectivity index (χ0n) is 11.4. The normalized spacial score (nSPS) is 14.8. The molecule has 2 heterocycles. The standard InChI is InChI=1S/C15H17N3OS/c1-2-16-15-17-13(10-20-15)11-5-3-6-12(9-11)18-8-4-7-14(18)19/h3,5-6,9-10H,2,4,7-8H2,1H3,(H,16,17). The minimum Gasteiger partial charge on any atom is -0.362 e. The summed E-state index contributed by atoms with van der Waals surface area (Å²) in [5.41, 5.74) is 2.99. The number of hydrogen-bond donors (Lipinski definition) is 1. The fourth-order valence-corrected chi connectivity index (χ4v) is 3.18. The van der Waals surface area contributed by atoms with Crippen LogP contribution in [0.25, 0.3) is 11.3 Å². The van der Waals surface area contributed by atoms with Gasteiger partial charge >= 0.3 is 0 Å². The Morgan fingerprint density at radius 2 is 2.35 bits per heavy atom. The van der Waals surface area contributed by atoms with Crippen LogP contribution in [0.2, 0.25) is 0 Å². The molecule has 0 aliphatic carbocycles. The van der Waals surface area contributed by atoms with E-state index in [1.54, 1.807) is 11.3 Å². The molecule has 104 valence electrons. The molecule has 0 atom stereocenters. The second kappa shape index (κ2) is 5.63. The highest BCUT2D eigenvalue weighted by Gasteiger charge is 2.21. The Bertz CT molecular complexity index is 623. The predicted molar refractivity (Wildman–Crippen MR) is 83.3 cm³/mol. The first-order valence-electron chi connectivity index (χ1n) is 6.88. The molecule has 0 unspecified atom stereocenters. The zero-order valence-corrected chi connectivity index (χ0v) is 12.2. The Hall–Kier alpha value is -1.88. The van der Waals surface area contributed by atoms with Gasteiger partial charge in [-0.15, -0.1) is 11.3 Å². The number of carbonyl (C=O) groups is 1. The van der Waals surface area contributed by atoms with Gasteiger partial charge in [0.25, 0.3) is 0 Å². The van der Waals surface area contributed by atoms with E-state index in [0.29, 0.717) is 6.42 Å². The van der Waals surface area contributed by atoms with Crippen molar-refractivity contribution in [3.8, 4) is 11.3 Å². The van der Waals surface area contributed by atoms with Gasteiger partial charge in [-0.3, -0.25) is 4.79 Å². The molecule has 1 saturated heterocycles. The van der Waals surface area contributed by atoms with Crippen LogP contribution in [-0.2, 0) is 4.79 Å². The first-order chi connectivity index (χ1) is 9.78. The molecule has 1 aromatic carbocycles. The van der Waals surface area contributed by atoms with Crippen LogP contribution in [0.1, 0.15) is 19.8 Å². The number of rotatable bonds is 4. The summed E-state index contributed by atoms with van der Waals surface area (Å²) in [5, 5.41) is 6.20. The van der Waals surface area contributed by atoms with Crippen molar-refractivity contribution in [1.29, 1.82) is 0 Å². The summed E-state index contributed by atoms with van der Waals surface area (Å²) in [6.07, 6.45) is 1.61. The molecule has 0 spiro atoms. The van der Waals surface area contributed by atoms with Crippen LogP contribution in [0.4, 0.5) is 10.8 Å². The van der Waals surface area contributed by atoms with Crippen molar-refractivity contribution < 1.29 is 4.79 Å². The van der Waals surface area contributed by atoms with Crippen molar-refractivity contribution in [1.82, 2.24) is 4.98 Å². The zero-order chi connectivity index (χ0) is 13.9. The summed E-state index contributed by atoms with van der Waals surface area (Å²) in [7, 11) is 0. The Morgan fingerprint density at radius 3 is 3.10 bits per heavy atom. The largest absolute Gasteiger partial charge is 0.362 e. The number of thiazole rings is 1. The Kier molecular flexibility index (Phi) is 3.69. The van der Waals surface area contributed by atoms with Crippen LogP contribution in [0.3, 0.4) is 0 Å². The van der Waals surface area contributed by atoms with Crippen molar-refractivity contribution in [2.75, 3.05) is 23.3 Å². The molecule has 1 fully saturated rings. The van der Waals surface area contributed by atoms with Crippen LogP contribution in [0.15, 0.2) is 29.6 Å². The summed E-state index contributed by atoms with van der Waals surface area (Å²) in [6, 6.07) is 8.07. The highest BCUT2D eigenvalue weighted by molar-refractivity contribution is 7.14. The van der Waals surface area contributed by atoms with Crippen LogP contribution in [-0.4, -0.2) is 24.0 Å². The second-order valence-electron chi connectivity index (χ2n) is 4.77. The Labute approximate surface area is 122 Å². The third kappa shape index (κ3) is 2.54. The van der Waals surface area contributed by atoms with Crippen molar-refractivity contribution in [2.45, 2.75) is 19.8 Å². The van der Waals surface area contributed by atoms with Gasteiger partial charge in [0.1, 0.15) is 0 Å². The molecule has 4 nitrogen and oxygen atoms in total. The van der Waals surface area contributed by atoms with Gasteiger partial charge < -0.3 is 10.2 Å². The molecule has 0 bridgehead atoms. The van der Waals surface area contributed by atoms with E-state index in [4.69, 9.17) is 0 Å². The molecule has 1 aliphatic heterocycles. The van der Waals surface area contributed by atoms with Gasteiger partial charge in [-0.2, -0.15) is 0 Å². The lowest BCUT2D eigenvalue weighted by Gasteiger charge is -2.16. The average Bonchev–Trinajstić information content (AvgIpc) is 3.08. The number of amides is 1. The van der Waals surface area contributed by atoms with Gasteiger partial charge in [-0.05, 0) is 25.5 Å². The van der Waals surface area contributed by atoms with Crippen LogP contribution in [0.5, 0.6) is 0 Å². The topological polar surface area (TPSA) is 45.2 Å². The number of benzene rings is 1. The smallest absolute Gasteiger partial charge is 0.227 e. The summed E-state index contributed by atoms with van der Waals surface area (Å²) in [6.45, 7) is 3.75. The van der Waals surface area contributed by atoms with E-state index in [2.05, 4.69) is 17.2 Å². The molecule has 2 aromatic rings. The highest BCUT2D eigenvalue weighted by Crippen LogP contribution is 2.29. The first kappa shape index (κ1) is 13.1. The Balaban J connectivity index is 1.88. The number of carbonyl (C=O) groups excluding carboxylic acids is 1. The maximum absolute atomic E-state index is 11.8. The van der Waals surface area contributed by atoms with Crippen molar-refractivity contribution >= 4 is 28.1 Å². The monoisotopic (exact) mass is 287 g/mol. The van der Waals surface area contributed by atoms with Gasteiger partial charge in [0.05, 0.1) is 5.69 Å². The summed E-state index contributed by atoms with van der Waals surface area (Å²) >= 11 is 1.60. The highest BCUT2D eigenvalue weighted by atomic mass is 32.1. The molecule has 0 radical (unpaired) electrons. The number of nitrogens with one attached hydrogen (secondary N) is 1. The van der Waals surface area contributed by atoms with Gasteiger partial charge in [-0.25, -0.2) is 4.98 Å². The molecule has 1 aliphatic rings. The van der Waals surface area contributed by atoms with Crippen LogP contribution < -0.4 is 10.2 Å². The lowest BCUT2D eigenvalue weighted by atomic mass is 10.1. The predicted octanol–water partition coefficient (Wildman–Crippen LogP) is 3.37.